The zero-order valence-electron chi connectivity index (χ0n) is 17.7. The molecule has 0 fully saturated rings. The standard InChI is InChI=1S/C21H26BrN3O6/c1-13(2)11-25-19(23)18(20(28)24(3)21(25)29)16(26)12-31-17(27)8-5-9-30-15-7-4-6-14(22)10-15/h4,6-7,10,13H,5,8-9,11-12,23H2,1-3H3. The fourth-order valence-electron chi connectivity index (χ4n) is 2.84. The molecule has 9 nitrogen and oxygen atoms in total. The zero-order chi connectivity index (χ0) is 23.1. The lowest BCUT2D eigenvalue weighted by atomic mass is 10.1. The minimum atomic E-state index is -0.814. The molecule has 2 aromatic rings. The van der Waals surface area contributed by atoms with Gasteiger partial charge in [0.05, 0.1) is 6.61 Å². The summed E-state index contributed by atoms with van der Waals surface area (Å²) in [4.78, 5) is 49.1. The second kappa shape index (κ2) is 10.9. The molecule has 1 heterocycles. The Kier molecular flexibility index (Phi) is 8.61. The third kappa shape index (κ3) is 6.55. The number of halogens is 1. The predicted molar refractivity (Wildman–Crippen MR) is 119 cm³/mol. The van der Waals surface area contributed by atoms with E-state index in [9.17, 15) is 19.2 Å². The van der Waals surface area contributed by atoms with E-state index in [1.165, 1.54) is 11.6 Å². The van der Waals surface area contributed by atoms with Gasteiger partial charge in [0.25, 0.3) is 5.56 Å². The fraction of sp³-hybridized carbons (Fsp3) is 0.429. The molecule has 2 rings (SSSR count). The van der Waals surface area contributed by atoms with Crippen molar-refractivity contribution in [1.29, 1.82) is 0 Å². The van der Waals surface area contributed by atoms with Crippen LogP contribution in [-0.4, -0.2) is 34.1 Å². The van der Waals surface area contributed by atoms with E-state index in [-0.39, 0.29) is 30.3 Å². The van der Waals surface area contributed by atoms with Gasteiger partial charge >= 0.3 is 11.7 Å². The molecular formula is C21H26BrN3O6. The number of hydrogen-bond acceptors (Lipinski definition) is 7. The van der Waals surface area contributed by atoms with Crippen molar-refractivity contribution in [3.63, 3.8) is 0 Å². The lowest BCUT2D eigenvalue weighted by molar-refractivity contribution is -0.142. The van der Waals surface area contributed by atoms with Crippen molar-refractivity contribution in [2.24, 2.45) is 13.0 Å². The largest absolute Gasteiger partial charge is 0.494 e. The van der Waals surface area contributed by atoms with Crippen LogP contribution >= 0.6 is 15.9 Å². The van der Waals surface area contributed by atoms with Gasteiger partial charge in [0.1, 0.15) is 17.1 Å². The SMILES string of the molecule is CC(C)Cn1c(N)c(C(=O)COC(=O)CCCOc2cccc(Br)c2)c(=O)n(C)c1=O. The summed E-state index contributed by atoms with van der Waals surface area (Å²) in [6.45, 7) is 3.66. The summed E-state index contributed by atoms with van der Waals surface area (Å²) in [6.07, 6.45) is 0.435. The van der Waals surface area contributed by atoms with Gasteiger partial charge < -0.3 is 15.2 Å². The maximum atomic E-state index is 12.5. The van der Waals surface area contributed by atoms with Crippen molar-refractivity contribution in [3.05, 3.63) is 55.1 Å². The summed E-state index contributed by atoms with van der Waals surface area (Å²) in [7, 11) is 1.27. The van der Waals surface area contributed by atoms with E-state index in [1.807, 2.05) is 26.0 Å². The number of ketones is 1. The minimum Gasteiger partial charge on any atom is -0.494 e. The number of rotatable bonds is 10. The second-order valence-corrected chi connectivity index (χ2v) is 8.32. The lowest BCUT2D eigenvalue weighted by Gasteiger charge is -2.16. The number of carbonyl (C=O) groups is 2. The molecule has 168 valence electrons. The van der Waals surface area contributed by atoms with E-state index in [1.54, 1.807) is 12.1 Å². The first-order chi connectivity index (χ1) is 14.6. The van der Waals surface area contributed by atoms with Gasteiger partial charge in [0.15, 0.2) is 6.61 Å². The van der Waals surface area contributed by atoms with Crippen LogP contribution in [0.25, 0.3) is 0 Å². The molecule has 1 aromatic carbocycles. The maximum absolute atomic E-state index is 12.5. The minimum absolute atomic E-state index is 0.0433. The second-order valence-electron chi connectivity index (χ2n) is 7.40. The number of anilines is 1. The number of ether oxygens (including phenoxy) is 2. The predicted octanol–water partition coefficient (Wildman–Crippen LogP) is 2.13. The highest BCUT2D eigenvalue weighted by atomic mass is 79.9. The van der Waals surface area contributed by atoms with Crippen molar-refractivity contribution in [1.82, 2.24) is 9.13 Å². The Morgan fingerprint density at radius 3 is 2.58 bits per heavy atom. The summed E-state index contributed by atoms with van der Waals surface area (Å²) < 4.78 is 13.4. The maximum Gasteiger partial charge on any atom is 0.332 e. The molecule has 0 spiro atoms. The van der Waals surface area contributed by atoms with Crippen molar-refractivity contribution < 1.29 is 19.1 Å². The van der Waals surface area contributed by atoms with Crippen LogP contribution in [-0.2, 0) is 23.1 Å². The average molecular weight is 496 g/mol. The first-order valence-electron chi connectivity index (χ1n) is 9.78. The van der Waals surface area contributed by atoms with Gasteiger partial charge in [-0.15, -0.1) is 0 Å². The Balaban J connectivity index is 1.94. The highest BCUT2D eigenvalue weighted by Gasteiger charge is 2.22. The fourth-order valence-corrected chi connectivity index (χ4v) is 3.22. The molecule has 0 saturated carbocycles. The Bertz CT molecular complexity index is 1070. The molecule has 0 bridgehead atoms. The molecule has 31 heavy (non-hydrogen) atoms. The Morgan fingerprint density at radius 1 is 1.23 bits per heavy atom. The normalized spacial score (nSPS) is 10.9. The van der Waals surface area contributed by atoms with Gasteiger partial charge in [0, 0.05) is 24.5 Å². The summed E-state index contributed by atoms with van der Waals surface area (Å²) in [5.41, 5.74) is 4.17. The quantitative estimate of drug-likeness (QED) is 0.304. The van der Waals surface area contributed by atoms with Crippen LogP contribution in [0, 0.1) is 5.92 Å². The molecule has 0 unspecified atom stereocenters. The van der Waals surface area contributed by atoms with E-state index >= 15 is 0 Å². The molecular weight excluding hydrogens is 470 g/mol. The van der Waals surface area contributed by atoms with Gasteiger partial charge in [-0.25, -0.2) is 4.79 Å². The van der Waals surface area contributed by atoms with Crippen molar-refractivity contribution in [3.8, 4) is 5.75 Å². The number of esters is 1. The zero-order valence-corrected chi connectivity index (χ0v) is 19.3. The molecule has 2 N–H and O–H groups in total. The molecule has 0 amide bonds. The molecule has 0 aliphatic heterocycles. The van der Waals surface area contributed by atoms with Gasteiger partial charge in [-0.1, -0.05) is 35.8 Å². The third-order valence-corrected chi connectivity index (χ3v) is 4.86. The first-order valence-corrected chi connectivity index (χ1v) is 10.6. The highest BCUT2D eigenvalue weighted by molar-refractivity contribution is 9.10. The van der Waals surface area contributed by atoms with Gasteiger partial charge in [-0.2, -0.15) is 0 Å². The smallest absolute Gasteiger partial charge is 0.332 e. The number of Topliss-reactive ketones (excluding diaryl/α,β-unsaturated/α-hetero) is 1. The first kappa shape index (κ1) is 24.4. The Morgan fingerprint density at radius 2 is 1.94 bits per heavy atom. The molecule has 0 aliphatic carbocycles. The Labute approximate surface area is 187 Å². The van der Waals surface area contributed by atoms with E-state index in [0.717, 1.165) is 9.04 Å². The van der Waals surface area contributed by atoms with E-state index in [4.69, 9.17) is 15.2 Å². The van der Waals surface area contributed by atoms with Gasteiger partial charge in [-0.3, -0.25) is 23.5 Å². The lowest BCUT2D eigenvalue weighted by Crippen LogP contribution is -2.43. The summed E-state index contributed by atoms with van der Waals surface area (Å²) in [5, 5.41) is 0. The summed E-state index contributed by atoms with van der Waals surface area (Å²) in [6, 6.07) is 7.31. The number of nitrogen functional groups attached to an aromatic ring is 1. The number of hydrogen-bond donors (Lipinski definition) is 1. The van der Waals surface area contributed by atoms with Crippen LogP contribution in [0.1, 0.15) is 37.0 Å². The number of aromatic nitrogens is 2. The van der Waals surface area contributed by atoms with E-state index in [0.29, 0.717) is 18.8 Å². The molecule has 10 heteroatoms. The van der Waals surface area contributed by atoms with Gasteiger partial charge in [0.2, 0.25) is 5.78 Å². The average Bonchev–Trinajstić information content (AvgIpc) is 2.71. The molecule has 0 saturated heterocycles. The third-order valence-electron chi connectivity index (χ3n) is 4.36. The van der Waals surface area contributed by atoms with Crippen LogP contribution < -0.4 is 21.7 Å². The molecule has 0 aliphatic rings. The molecule has 1 aromatic heterocycles. The number of benzene rings is 1. The van der Waals surface area contributed by atoms with E-state index < -0.39 is 29.6 Å². The van der Waals surface area contributed by atoms with Crippen molar-refractivity contribution >= 4 is 33.5 Å². The van der Waals surface area contributed by atoms with E-state index in [2.05, 4.69) is 15.9 Å². The highest BCUT2D eigenvalue weighted by Crippen LogP contribution is 2.18. The number of nitrogens with zero attached hydrogens (tertiary/aromatic N) is 2. The van der Waals surface area contributed by atoms with Crippen LogP contribution in [0.3, 0.4) is 0 Å². The van der Waals surface area contributed by atoms with Crippen molar-refractivity contribution in [2.45, 2.75) is 33.2 Å². The van der Waals surface area contributed by atoms with Crippen LogP contribution in [0.15, 0.2) is 38.3 Å². The van der Waals surface area contributed by atoms with Crippen LogP contribution in [0.5, 0.6) is 5.75 Å². The molecule has 0 atom stereocenters. The van der Waals surface area contributed by atoms with Gasteiger partial charge in [-0.05, 0) is 30.5 Å². The summed E-state index contributed by atoms with van der Waals surface area (Å²) in [5.74, 6) is -0.838. The number of carbonyl (C=O) groups excluding carboxylic acids is 2. The number of nitrogens with two attached hydrogens (primary N) is 1. The monoisotopic (exact) mass is 495 g/mol. The Hall–Kier alpha value is -2.88. The summed E-state index contributed by atoms with van der Waals surface area (Å²) >= 11 is 3.34. The topological polar surface area (TPSA) is 123 Å². The molecule has 0 radical (unpaired) electrons. The van der Waals surface area contributed by atoms with Crippen LogP contribution in [0.2, 0.25) is 0 Å². The van der Waals surface area contributed by atoms with Crippen LogP contribution in [0.4, 0.5) is 5.82 Å². The van der Waals surface area contributed by atoms with Crippen molar-refractivity contribution in [2.75, 3.05) is 18.9 Å².